The van der Waals surface area contributed by atoms with Gasteiger partial charge in [0.15, 0.2) is 0 Å². The summed E-state index contributed by atoms with van der Waals surface area (Å²) in [5.41, 5.74) is 6.34. The lowest BCUT2D eigenvalue weighted by Gasteiger charge is -2.09. The van der Waals surface area contributed by atoms with Crippen LogP contribution < -0.4 is 10.5 Å². The van der Waals surface area contributed by atoms with Gasteiger partial charge in [-0.1, -0.05) is 12.1 Å². The Hall–Kier alpha value is -0.740. The minimum atomic E-state index is -1.09. The molecule has 0 radical (unpaired) electrons. The van der Waals surface area contributed by atoms with Gasteiger partial charge in [0.25, 0.3) is 0 Å². The van der Waals surface area contributed by atoms with E-state index in [0.29, 0.717) is 5.75 Å². The molecular weight excluding hydrogens is 213 g/mol. The average molecular weight is 229 g/mol. The highest BCUT2D eigenvalue weighted by Gasteiger charge is 2.04. The summed E-state index contributed by atoms with van der Waals surface area (Å²) in [7, 11) is 0. The summed E-state index contributed by atoms with van der Waals surface area (Å²) < 4.78 is 18.1. The molecule has 0 saturated carbocycles. The summed E-state index contributed by atoms with van der Waals surface area (Å²) >= 11 is 1.74. The van der Waals surface area contributed by atoms with Crippen LogP contribution in [-0.2, 0) is 5.75 Å². The molecule has 0 amide bonds. The monoisotopic (exact) mass is 229 g/mol. The molecule has 15 heavy (non-hydrogen) atoms. The van der Waals surface area contributed by atoms with Crippen LogP contribution in [0.3, 0.4) is 0 Å². The predicted molar refractivity (Wildman–Crippen MR) is 63.1 cm³/mol. The van der Waals surface area contributed by atoms with E-state index in [4.69, 9.17) is 10.5 Å². The number of halogens is 1. The van der Waals surface area contributed by atoms with E-state index < -0.39 is 6.17 Å². The molecule has 0 aromatic heterocycles. The first-order valence-corrected chi connectivity index (χ1v) is 6.20. The van der Waals surface area contributed by atoms with E-state index in [1.807, 2.05) is 30.5 Å². The van der Waals surface area contributed by atoms with Crippen LogP contribution in [0.2, 0.25) is 0 Å². The predicted octanol–water partition coefficient (Wildman–Crippen LogP) is 2.23. The maximum absolute atomic E-state index is 12.8. The number of ether oxygens (including phenoxy) is 1. The first-order chi connectivity index (χ1) is 7.26. The normalized spacial score (nSPS) is 12.5. The second-order valence-electron chi connectivity index (χ2n) is 3.22. The van der Waals surface area contributed by atoms with E-state index in [1.54, 1.807) is 11.8 Å². The van der Waals surface area contributed by atoms with Crippen molar-refractivity contribution in [2.75, 3.05) is 19.4 Å². The standard InChI is InChI=1S/C11H16FNOS/c1-15-8-9-3-2-4-11(5-9)14-7-10(12)6-13/h2-5,10H,6-8,13H2,1H3. The number of hydrogen-bond acceptors (Lipinski definition) is 3. The van der Waals surface area contributed by atoms with Crippen LogP contribution in [0.15, 0.2) is 24.3 Å². The van der Waals surface area contributed by atoms with E-state index in [2.05, 4.69) is 0 Å². The van der Waals surface area contributed by atoms with Crippen LogP contribution in [-0.4, -0.2) is 25.6 Å². The molecule has 84 valence electrons. The van der Waals surface area contributed by atoms with Crippen LogP contribution >= 0.6 is 11.8 Å². The Kier molecular flexibility index (Phi) is 5.50. The molecule has 1 atom stereocenters. The van der Waals surface area contributed by atoms with E-state index in [-0.39, 0.29) is 13.2 Å². The van der Waals surface area contributed by atoms with Gasteiger partial charge in [-0.15, -0.1) is 0 Å². The maximum Gasteiger partial charge on any atom is 0.146 e. The molecule has 1 aromatic carbocycles. The Labute approximate surface area is 94.0 Å². The number of hydrogen-bond donors (Lipinski definition) is 1. The van der Waals surface area contributed by atoms with E-state index in [0.717, 1.165) is 5.75 Å². The molecule has 4 heteroatoms. The molecule has 0 heterocycles. The van der Waals surface area contributed by atoms with Gasteiger partial charge in [-0.25, -0.2) is 4.39 Å². The summed E-state index contributed by atoms with van der Waals surface area (Å²) in [5, 5.41) is 0. The van der Waals surface area contributed by atoms with Gasteiger partial charge >= 0.3 is 0 Å². The second kappa shape index (κ2) is 6.69. The fourth-order valence-corrected chi connectivity index (χ4v) is 1.66. The van der Waals surface area contributed by atoms with Gasteiger partial charge in [-0.2, -0.15) is 11.8 Å². The molecular formula is C11H16FNOS. The number of alkyl halides is 1. The van der Waals surface area contributed by atoms with Gasteiger partial charge in [0, 0.05) is 12.3 Å². The molecule has 0 aliphatic rings. The van der Waals surface area contributed by atoms with Crippen LogP contribution in [0.5, 0.6) is 5.75 Å². The Morgan fingerprint density at radius 1 is 1.53 bits per heavy atom. The summed E-state index contributed by atoms with van der Waals surface area (Å²) in [6.07, 6.45) is 0.953. The lowest BCUT2D eigenvalue weighted by atomic mass is 10.2. The SMILES string of the molecule is CSCc1cccc(OCC(F)CN)c1. The zero-order chi connectivity index (χ0) is 11.1. The first kappa shape index (κ1) is 12.3. The highest BCUT2D eigenvalue weighted by atomic mass is 32.2. The smallest absolute Gasteiger partial charge is 0.146 e. The van der Waals surface area contributed by atoms with Gasteiger partial charge in [0.05, 0.1) is 0 Å². The van der Waals surface area contributed by atoms with Crippen molar-refractivity contribution < 1.29 is 9.13 Å². The topological polar surface area (TPSA) is 35.2 Å². The van der Waals surface area contributed by atoms with Crippen LogP contribution in [0.4, 0.5) is 4.39 Å². The molecule has 1 rings (SSSR count). The molecule has 0 aliphatic heterocycles. The van der Waals surface area contributed by atoms with Gasteiger partial charge in [0.1, 0.15) is 18.5 Å². The molecule has 0 aliphatic carbocycles. The number of benzene rings is 1. The maximum atomic E-state index is 12.8. The van der Waals surface area contributed by atoms with Crippen molar-refractivity contribution in [3.63, 3.8) is 0 Å². The molecule has 1 unspecified atom stereocenters. The summed E-state index contributed by atoms with van der Waals surface area (Å²) in [6.45, 7) is 0.0315. The molecule has 1 aromatic rings. The molecule has 0 spiro atoms. The second-order valence-corrected chi connectivity index (χ2v) is 4.09. The number of thioether (sulfide) groups is 1. The Morgan fingerprint density at radius 3 is 3.00 bits per heavy atom. The minimum absolute atomic E-state index is 0.00447. The van der Waals surface area contributed by atoms with Crippen molar-refractivity contribution in [2.24, 2.45) is 5.73 Å². The van der Waals surface area contributed by atoms with Crippen LogP contribution in [0.25, 0.3) is 0 Å². The Morgan fingerprint density at radius 2 is 2.33 bits per heavy atom. The lowest BCUT2D eigenvalue weighted by Crippen LogP contribution is -2.22. The highest BCUT2D eigenvalue weighted by Crippen LogP contribution is 2.17. The Bertz CT molecular complexity index is 296. The number of nitrogens with two attached hydrogens (primary N) is 1. The van der Waals surface area contributed by atoms with E-state index in [1.165, 1.54) is 5.56 Å². The van der Waals surface area contributed by atoms with Gasteiger partial charge in [-0.3, -0.25) is 0 Å². The third kappa shape index (κ3) is 4.53. The van der Waals surface area contributed by atoms with Crippen LogP contribution in [0.1, 0.15) is 5.56 Å². The third-order valence-corrected chi connectivity index (χ3v) is 2.52. The number of rotatable bonds is 6. The van der Waals surface area contributed by atoms with Crippen molar-refractivity contribution in [1.82, 2.24) is 0 Å². The Balaban J connectivity index is 2.50. The van der Waals surface area contributed by atoms with Gasteiger partial charge in [-0.05, 0) is 24.0 Å². The first-order valence-electron chi connectivity index (χ1n) is 4.81. The van der Waals surface area contributed by atoms with Gasteiger partial charge in [0.2, 0.25) is 0 Å². The quantitative estimate of drug-likeness (QED) is 0.812. The van der Waals surface area contributed by atoms with Gasteiger partial charge < -0.3 is 10.5 Å². The third-order valence-electron chi connectivity index (χ3n) is 1.90. The minimum Gasteiger partial charge on any atom is -0.491 e. The zero-order valence-electron chi connectivity index (χ0n) is 8.78. The van der Waals surface area contributed by atoms with Crippen molar-refractivity contribution in [3.05, 3.63) is 29.8 Å². The lowest BCUT2D eigenvalue weighted by molar-refractivity contribution is 0.201. The summed E-state index contributed by atoms with van der Waals surface area (Å²) in [4.78, 5) is 0. The van der Waals surface area contributed by atoms with E-state index >= 15 is 0 Å². The summed E-state index contributed by atoms with van der Waals surface area (Å²) in [6, 6.07) is 7.70. The van der Waals surface area contributed by atoms with Crippen molar-refractivity contribution in [2.45, 2.75) is 11.9 Å². The average Bonchev–Trinajstić information content (AvgIpc) is 2.27. The fourth-order valence-electron chi connectivity index (χ4n) is 1.15. The van der Waals surface area contributed by atoms with Crippen LogP contribution in [0, 0.1) is 0 Å². The molecule has 0 bridgehead atoms. The van der Waals surface area contributed by atoms with Crippen molar-refractivity contribution >= 4 is 11.8 Å². The molecule has 0 saturated heterocycles. The zero-order valence-corrected chi connectivity index (χ0v) is 9.60. The van der Waals surface area contributed by atoms with Crippen molar-refractivity contribution in [3.8, 4) is 5.75 Å². The highest BCUT2D eigenvalue weighted by molar-refractivity contribution is 7.97. The fraction of sp³-hybridized carbons (Fsp3) is 0.455. The largest absolute Gasteiger partial charge is 0.491 e. The molecule has 0 fully saturated rings. The molecule has 2 nitrogen and oxygen atoms in total. The van der Waals surface area contributed by atoms with Crippen molar-refractivity contribution in [1.29, 1.82) is 0 Å². The molecule has 2 N–H and O–H groups in total. The summed E-state index contributed by atoms with van der Waals surface area (Å²) in [5.74, 6) is 1.64. The van der Waals surface area contributed by atoms with E-state index in [9.17, 15) is 4.39 Å².